The Morgan fingerprint density at radius 3 is 2.47 bits per heavy atom. The molecule has 0 aromatic heterocycles. The molecule has 0 amide bonds. The van der Waals surface area contributed by atoms with Crippen LogP contribution in [-0.4, -0.2) is 26.3 Å². The van der Waals surface area contributed by atoms with E-state index in [1.165, 1.54) is 18.2 Å². The smallest absolute Gasteiger partial charge is 0.145 e. The van der Waals surface area contributed by atoms with Gasteiger partial charge in [0.2, 0.25) is 0 Å². The normalized spacial score (nSPS) is 20.9. The zero-order valence-electron chi connectivity index (χ0n) is 17.3. The third-order valence-corrected chi connectivity index (χ3v) is 5.62. The Hall–Kier alpha value is -1.71. The van der Waals surface area contributed by atoms with Crippen molar-refractivity contribution in [2.45, 2.75) is 32.2 Å². The van der Waals surface area contributed by atoms with Gasteiger partial charge in [0, 0.05) is 30.6 Å². The van der Waals surface area contributed by atoms with Gasteiger partial charge in [0.05, 0.1) is 23.6 Å². The van der Waals surface area contributed by atoms with Crippen LogP contribution in [0, 0.1) is 34.3 Å². The number of methoxy groups -OCH3 is 1. The summed E-state index contributed by atoms with van der Waals surface area (Å²) in [5.74, 6) is -1.15. The molecule has 3 rings (SSSR count). The van der Waals surface area contributed by atoms with Crippen molar-refractivity contribution < 1.29 is 13.5 Å². The van der Waals surface area contributed by atoms with Gasteiger partial charge in [0.15, 0.2) is 0 Å². The molecule has 1 fully saturated rings. The van der Waals surface area contributed by atoms with Crippen LogP contribution in [0.15, 0.2) is 42.5 Å². The summed E-state index contributed by atoms with van der Waals surface area (Å²) in [6, 6.07) is 13.2. The Bertz CT molecular complexity index is 868. The average Bonchev–Trinajstić information content (AvgIpc) is 3.05. The SMILES string of the molecule is COCC(C)(C)CC1NCC(c2cccc(Cl)c2F)C1C#N.Fc1cccc(Cl)c1. The van der Waals surface area contributed by atoms with Crippen molar-refractivity contribution in [1.29, 1.82) is 5.26 Å². The topological polar surface area (TPSA) is 45.0 Å². The van der Waals surface area contributed by atoms with Gasteiger partial charge >= 0.3 is 0 Å². The van der Waals surface area contributed by atoms with E-state index in [1.807, 2.05) is 0 Å². The van der Waals surface area contributed by atoms with Crippen LogP contribution >= 0.6 is 23.2 Å². The van der Waals surface area contributed by atoms with Crippen LogP contribution in [0.4, 0.5) is 8.78 Å². The minimum absolute atomic E-state index is 0.0264. The van der Waals surface area contributed by atoms with E-state index >= 15 is 0 Å². The highest BCUT2D eigenvalue weighted by molar-refractivity contribution is 6.31. The highest BCUT2D eigenvalue weighted by Gasteiger charge is 2.40. The van der Waals surface area contributed by atoms with E-state index in [0.717, 1.165) is 6.42 Å². The van der Waals surface area contributed by atoms with Gasteiger partial charge < -0.3 is 10.1 Å². The summed E-state index contributed by atoms with van der Waals surface area (Å²) >= 11 is 11.3. The summed E-state index contributed by atoms with van der Waals surface area (Å²) in [7, 11) is 1.68. The third kappa shape index (κ3) is 6.65. The number of nitriles is 1. The van der Waals surface area contributed by atoms with Gasteiger partial charge in [-0.2, -0.15) is 5.26 Å². The van der Waals surface area contributed by atoms with Crippen molar-refractivity contribution in [3.05, 3.63) is 69.7 Å². The molecule has 1 aliphatic heterocycles. The molecule has 2 aromatic carbocycles. The molecule has 1 N–H and O–H groups in total. The lowest BCUT2D eigenvalue weighted by Gasteiger charge is -2.29. The highest BCUT2D eigenvalue weighted by atomic mass is 35.5. The van der Waals surface area contributed by atoms with Gasteiger partial charge in [-0.05, 0) is 41.7 Å². The maximum Gasteiger partial charge on any atom is 0.145 e. The summed E-state index contributed by atoms with van der Waals surface area (Å²) < 4.78 is 31.6. The zero-order chi connectivity index (χ0) is 22.3. The van der Waals surface area contributed by atoms with Crippen LogP contribution in [-0.2, 0) is 4.74 Å². The summed E-state index contributed by atoms with van der Waals surface area (Å²) in [5.41, 5.74) is 0.488. The molecule has 3 nitrogen and oxygen atoms in total. The van der Waals surface area contributed by atoms with E-state index in [-0.39, 0.29) is 34.1 Å². The summed E-state index contributed by atoms with van der Waals surface area (Å²) in [6.45, 7) is 5.43. The van der Waals surface area contributed by atoms with E-state index in [2.05, 4.69) is 25.2 Å². The molecule has 7 heteroatoms. The number of nitrogens with one attached hydrogen (secondary N) is 1. The maximum atomic E-state index is 14.3. The fraction of sp³-hybridized carbons (Fsp3) is 0.435. The molecule has 30 heavy (non-hydrogen) atoms. The first-order valence-electron chi connectivity index (χ1n) is 9.65. The number of nitrogens with zero attached hydrogens (tertiary/aromatic N) is 1. The van der Waals surface area contributed by atoms with E-state index in [1.54, 1.807) is 31.4 Å². The number of benzene rings is 2. The molecule has 1 aliphatic rings. The second-order valence-electron chi connectivity index (χ2n) is 8.16. The Kier molecular flexibility index (Phi) is 9.06. The van der Waals surface area contributed by atoms with Crippen LogP contribution in [0.3, 0.4) is 0 Å². The van der Waals surface area contributed by atoms with Crippen LogP contribution in [0.5, 0.6) is 0 Å². The standard InChI is InChI=1S/C17H22ClFN2O.C6H4ClF/c1-17(2,10-22-3)7-15-12(8-20)13(9-21-15)11-5-4-6-14(18)16(11)19;7-5-2-1-3-6(8)4-5/h4-6,12-13,15,21H,7,9-10H2,1-3H3;1-4H. The number of ether oxygens (including phenoxy) is 1. The van der Waals surface area contributed by atoms with Crippen molar-refractivity contribution in [1.82, 2.24) is 5.32 Å². The molecule has 1 heterocycles. The van der Waals surface area contributed by atoms with E-state index in [4.69, 9.17) is 27.9 Å². The average molecular weight is 455 g/mol. The molecule has 2 aromatic rings. The molecule has 3 unspecified atom stereocenters. The van der Waals surface area contributed by atoms with Gasteiger partial charge in [-0.3, -0.25) is 0 Å². The summed E-state index contributed by atoms with van der Waals surface area (Å²) in [6.07, 6.45) is 0.803. The first-order valence-corrected chi connectivity index (χ1v) is 10.4. The second kappa shape index (κ2) is 11.1. The lowest BCUT2D eigenvalue weighted by molar-refractivity contribution is 0.0890. The quantitative estimate of drug-likeness (QED) is 0.583. The number of halogens is 4. The van der Waals surface area contributed by atoms with E-state index in [9.17, 15) is 14.0 Å². The van der Waals surface area contributed by atoms with Crippen molar-refractivity contribution in [2.24, 2.45) is 11.3 Å². The Labute approximate surface area is 186 Å². The fourth-order valence-corrected chi connectivity index (χ4v) is 4.17. The van der Waals surface area contributed by atoms with Gasteiger partial charge in [-0.25, -0.2) is 8.78 Å². The van der Waals surface area contributed by atoms with Crippen LogP contribution in [0.2, 0.25) is 10.0 Å². The van der Waals surface area contributed by atoms with Crippen LogP contribution in [0.25, 0.3) is 0 Å². The Morgan fingerprint density at radius 2 is 1.90 bits per heavy atom. The van der Waals surface area contributed by atoms with Crippen molar-refractivity contribution >= 4 is 23.2 Å². The van der Waals surface area contributed by atoms with Crippen molar-refractivity contribution in [3.8, 4) is 6.07 Å². The molecular formula is C23H26Cl2F2N2O. The minimum atomic E-state index is -0.409. The zero-order valence-corrected chi connectivity index (χ0v) is 18.8. The molecule has 0 radical (unpaired) electrons. The van der Waals surface area contributed by atoms with Crippen LogP contribution < -0.4 is 5.32 Å². The first-order chi connectivity index (χ1) is 14.2. The molecular weight excluding hydrogens is 429 g/mol. The molecule has 1 saturated heterocycles. The number of hydrogen-bond acceptors (Lipinski definition) is 3. The van der Waals surface area contributed by atoms with Gasteiger partial charge in [-0.1, -0.05) is 55.2 Å². The Morgan fingerprint density at radius 1 is 1.20 bits per heavy atom. The number of hydrogen-bond donors (Lipinski definition) is 1. The predicted octanol–water partition coefficient (Wildman–Crippen LogP) is 6.22. The maximum absolute atomic E-state index is 14.3. The van der Waals surface area contributed by atoms with Gasteiger partial charge in [0.25, 0.3) is 0 Å². The highest BCUT2D eigenvalue weighted by Crippen LogP contribution is 2.38. The third-order valence-electron chi connectivity index (χ3n) is 5.09. The second-order valence-corrected chi connectivity index (χ2v) is 9.00. The lowest BCUT2D eigenvalue weighted by atomic mass is 9.79. The van der Waals surface area contributed by atoms with Crippen LogP contribution in [0.1, 0.15) is 31.7 Å². The molecule has 3 atom stereocenters. The van der Waals surface area contributed by atoms with Gasteiger partial charge in [-0.15, -0.1) is 0 Å². The van der Waals surface area contributed by atoms with Crippen molar-refractivity contribution in [3.63, 3.8) is 0 Å². The van der Waals surface area contributed by atoms with Crippen molar-refractivity contribution in [2.75, 3.05) is 20.3 Å². The minimum Gasteiger partial charge on any atom is -0.384 e. The Balaban J connectivity index is 0.000000335. The fourth-order valence-electron chi connectivity index (χ4n) is 3.81. The summed E-state index contributed by atoms with van der Waals surface area (Å²) in [4.78, 5) is 0. The summed E-state index contributed by atoms with van der Waals surface area (Å²) in [5, 5.41) is 13.5. The predicted molar refractivity (Wildman–Crippen MR) is 117 cm³/mol. The van der Waals surface area contributed by atoms with E-state index < -0.39 is 5.82 Å². The monoisotopic (exact) mass is 454 g/mol. The molecule has 0 aliphatic carbocycles. The molecule has 0 spiro atoms. The lowest BCUT2D eigenvalue weighted by Crippen LogP contribution is -2.34. The van der Waals surface area contributed by atoms with Gasteiger partial charge in [0.1, 0.15) is 11.6 Å². The largest absolute Gasteiger partial charge is 0.384 e. The molecule has 0 saturated carbocycles. The van der Waals surface area contributed by atoms with E-state index in [0.29, 0.717) is 23.7 Å². The molecule has 0 bridgehead atoms. The molecule has 162 valence electrons. The number of rotatable bonds is 5. The first kappa shape index (κ1) is 24.6.